The lowest BCUT2D eigenvalue weighted by Crippen LogP contribution is -2.26. The normalized spacial score (nSPS) is 10.9. The molecule has 0 saturated carbocycles. The Balaban J connectivity index is 2.78. The number of carboxylic acids is 1. The van der Waals surface area contributed by atoms with Gasteiger partial charge in [0.1, 0.15) is 0 Å². The Bertz CT molecular complexity index is 623. The van der Waals surface area contributed by atoms with Crippen molar-refractivity contribution >= 4 is 22.4 Å². The Labute approximate surface area is 104 Å². The van der Waals surface area contributed by atoms with Crippen LogP contribution in [0.2, 0.25) is 0 Å². The van der Waals surface area contributed by atoms with Crippen LogP contribution in [0.3, 0.4) is 0 Å². The second kappa shape index (κ2) is 4.77. The van der Waals surface area contributed by atoms with Gasteiger partial charge in [0.2, 0.25) is 0 Å². The molecule has 0 spiro atoms. The number of aromatic carboxylic acids is 1. The molecule has 0 radical (unpaired) electrons. The molecule has 2 aromatic carbocycles. The number of hydrazine groups is 1. The quantitative estimate of drug-likeness (QED) is 0.563. The van der Waals surface area contributed by atoms with E-state index in [9.17, 15) is 9.90 Å². The second-order valence-corrected chi connectivity index (χ2v) is 3.74. The predicted octanol–water partition coefficient (Wildman–Crippen LogP) is 1.65. The van der Waals surface area contributed by atoms with Gasteiger partial charge in [0.15, 0.2) is 0 Å². The van der Waals surface area contributed by atoms with Crippen LogP contribution in [0.25, 0.3) is 10.8 Å². The van der Waals surface area contributed by atoms with Gasteiger partial charge >= 0.3 is 5.97 Å². The van der Waals surface area contributed by atoms with Crippen LogP contribution in [0.15, 0.2) is 48.8 Å². The van der Waals surface area contributed by atoms with Gasteiger partial charge in [-0.1, -0.05) is 30.3 Å². The number of nitrogens with zero attached hydrogens (tertiary/aromatic N) is 1. The van der Waals surface area contributed by atoms with Crippen LogP contribution >= 0.6 is 0 Å². The van der Waals surface area contributed by atoms with Gasteiger partial charge in [-0.15, -0.1) is 0 Å². The number of carbonyl (C=O) groups is 1. The third kappa shape index (κ3) is 1.99. The molecule has 0 unspecified atom stereocenters. The minimum Gasteiger partial charge on any atom is -0.478 e. The molecule has 0 amide bonds. The molecule has 0 bridgehead atoms. The average molecular weight is 243 g/mol. The number of anilines is 1. The largest absolute Gasteiger partial charge is 0.478 e. The van der Waals surface area contributed by atoms with Crippen LogP contribution in [0.5, 0.6) is 0 Å². The van der Waals surface area contributed by atoms with Crippen molar-refractivity contribution in [2.45, 2.75) is 0 Å². The van der Waals surface area contributed by atoms with E-state index in [-0.39, 0.29) is 5.56 Å². The third-order valence-electron chi connectivity index (χ3n) is 2.64. The highest BCUT2D eigenvalue weighted by Crippen LogP contribution is 2.29. The molecule has 5 N–H and O–H groups in total. The minimum absolute atomic E-state index is 0.134. The number of rotatable bonds is 3. The zero-order valence-corrected chi connectivity index (χ0v) is 9.58. The SMILES string of the molecule is N/C=C\N(N)c1c(C(=O)O)ccc2ccccc12. The zero-order chi connectivity index (χ0) is 13.1. The fourth-order valence-corrected chi connectivity index (χ4v) is 1.87. The van der Waals surface area contributed by atoms with Crippen molar-refractivity contribution in [1.82, 2.24) is 0 Å². The maximum absolute atomic E-state index is 11.2. The predicted molar refractivity (Wildman–Crippen MR) is 70.9 cm³/mol. The number of fused-ring (bicyclic) bond motifs is 1. The van der Waals surface area contributed by atoms with Gasteiger partial charge in [0.05, 0.1) is 11.3 Å². The summed E-state index contributed by atoms with van der Waals surface area (Å²) in [7, 11) is 0. The van der Waals surface area contributed by atoms with Gasteiger partial charge in [-0.05, 0) is 11.5 Å². The van der Waals surface area contributed by atoms with Gasteiger partial charge in [0, 0.05) is 17.8 Å². The van der Waals surface area contributed by atoms with Gasteiger partial charge in [-0.3, -0.25) is 5.01 Å². The van der Waals surface area contributed by atoms with Crippen molar-refractivity contribution in [3.8, 4) is 0 Å². The smallest absolute Gasteiger partial charge is 0.337 e. The second-order valence-electron chi connectivity index (χ2n) is 3.74. The Morgan fingerprint density at radius 3 is 2.61 bits per heavy atom. The van der Waals surface area contributed by atoms with Crippen LogP contribution in [-0.2, 0) is 0 Å². The molecule has 92 valence electrons. The number of benzene rings is 2. The first-order valence-electron chi connectivity index (χ1n) is 5.32. The summed E-state index contributed by atoms with van der Waals surface area (Å²) in [5.74, 6) is 4.78. The summed E-state index contributed by atoms with van der Waals surface area (Å²) in [6.07, 6.45) is 2.67. The first-order valence-corrected chi connectivity index (χ1v) is 5.32. The first kappa shape index (κ1) is 11.9. The molecule has 18 heavy (non-hydrogen) atoms. The van der Waals surface area contributed by atoms with E-state index in [1.807, 2.05) is 24.3 Å². The Hall–Kier alpha value is -2.53. The van der Waals surface area contributed by atoms with Crippen molar-refractivity contribution in [1.29, 1.82) is 0 Å². The van der Waals surface area contributed by atoms with Crippen LogP contribution in [0.1, 0.15) is 10.4 Å². The molecule has 5 heteroatoms. The lowest BCUT2D eigenvalue weighted by Gasteiger charge is -2.18. The van der Waals surface area contributed by atoms with Crippen LogP contribution < -0.4 is 16.6 Å². The Morgan fingerprint density at radius 1 is 1.22 bits per heavy atom. The molecule has 5 nitrogen and oxygen atoms in total. The summed E-state index contributed by atoms with van der Waals surface area (Å²) in [6.45, 7) is 0. The highest BCUT2D eigenvalue weighted by atomic mass is 16.4. The van der Waals surface area contributed by atoms with E-state index >= 15 is 0 Å². The van der Waals surface area contributed by atoms with Crippen LogP contribution in [0.4, 0.5) is 5.69 Å². The van der Waals surface area contributed by atoms with E-state index in [4.69, 9.17) is 11.6 Å². The summed E-state index contributed by atoms with van der Waals surface area (Å²) in [6, 6.07) is 10.7. The molecule has 0 fully saturated rings. The molecular formula is C13H13N3O2. The Kier molecular flexibility index (Phi) is 3.16. The average Bonchev–Trinajstić information content (AvgIpc) is 2.37. The molecule has 0 aromatic heterocycles. The fraction of sp³-hybridized carbons (Fsp3) is 0. The minimum atomic E-state index is -1.03. The Morgan fingerprint density at radius 2 is 1.94 bits per heavy atom. The number of hydrogen-bond donors (Lipinski definition) is 3. The maximum atomic E-state index is 11.2. The van der Waals surface area contributed by atoms with Crippen LogP contribution in [-0.4, -0.2) is 11.1 Å². The van der Waals surface area contributed by atoms with Gasteiger partial charge in [-0.2, -0.15) is 0 Å². The van der Waals surface area contributed by atoms with E-state index in [0.717, 1.165) is 10.8 Å². The lowest BCUT2D eigenvalue weighted by molar-refractivity contribution is 0.0698. The summed E-state index contributed by atoms with van der Waals surface area (Å²) >= 11 is 0. The molecule has 0 heterocycles. The summed E-state index contributed by atoms with van der Waals surface area (Å²) < 4.78 is 0. The standard InChI is InChI=1S/C13H13N3O2/c14-7-8-16(15)12-10-4-2-1-3-9(10)5-6-11(12)13(17)18/h1-8H,14-15H2,(H,17,18)/b8-7-. The zero-order valence-electron chi connectivity index (χ0n) is 9.58. The van der Waals surface area contributed by atoms with Gasteiger partial charge in [-0.25, -0.2) is 10.6 Å². The van der Waals surface area contributed by atoms with E-state index in [2.05, 4.69) is 0 Å². The molecule has 0 aliphatic carbocycles. The summed E-state index contributed by atoms with van der Waals surface area (Å²) in [5.41, 5.74) is 5.84. The highest BCUT2D eigenvalue weighted by Gasteiger charge is 2.15. The summed E-state index contributed by atoms with van der Waals surface area (Å²) in [4.78, 5) is 11.2. The van der Waals surface area contributed by atoms with Crippen molar-refractivity contribution in [3.63, 3.8) is 0 Å². The topological polar surface area (TPSA) is 92.6 Å². The number of carboxylic acid groups (broad SMARTS) is 1. The third-order valence-corrected chi connectivity index (χ3v) is 2.64. The molecule has 2 aromatic rings. The van der Waals surface area contributed by atoms with E-state index in [0.29, 0.717) is 5.69 Å². The highest BCUT2D eigenvalue weighted by molar-refractivity contribution is 6.06. The van der Waals surface area contributed by atoms with Crippen molar-refractivity contribution in [3.05, 3.63) is 54.4 Å². The van der Waals surface area contributed by atoms with Gasteiger partial charge < -0.3 is 10.8 Å². The van der Waals surface area contributed by atoms with Crippen molar-refractivity contribution < 1.29 is 9.90 Å². The number of nitrogens with two attached hydrogens (primary N) is 2. The van der Waals surface area contributed by atoms with Crippen molar-refractivity contribution in [2.75, 3.05) is 5.01 Å². The molecule has 0 saturated heterocycles. The van der Waals surface area contributed by atoms with Crippen molar-refractivity contribution in [2.24, 2.45) is 11.6 Å². The van der Waals surface area contributed by atoms with E-state index in [1.54, 1.807) is 6.07 Å². The number of hydrogen-bond acceptors (Lipinski definition) is 4. The molecule has 2 rings (SSSR count). The first-order chi connectivity index (χ1) is 8.65. The van der Waals surface area contributed by atoms with E-state index in [1.165, 1.54) is 23.5 Å². The summed E-state index contributed by atoms with van der Waals surface area (Å²) in [5, 5.41) is 12.1. The monoisotopic (exact) mass is 243 g/mol. The van der Waals surface area contributed by atoms with Gasteiger partial charge in [0.25, 0.3) is 0 Å². The fourth-order valence-electron chi connectivity index (χ4n) is 1.87. The molecule has 0 aliphatic heterocycles. The molecule has 0 atom stereocenters. The maximum Gasteiger partial charge on any atom is 0.337 e. The van der Waals surface area contributed by atoms with E-state index < -0.39 is 5.97 Å². The molecule has 0 aliphatic rings. The van der Waals surface area contributed by atoms with Crippen LogP contribution in [0, 0.1) is 0 Å². The lowest BCUT2D eigenvalue weighted by atomic mass is 10.0. The molecular weight excluding hydrogens is 230 g/mol.